The summed E-state index contributed by atoms with van der Waals surface area (Å²) in [6.07, 6.45) is 0. The molecule has 0 spiro atoms. The normalized spacial score (nSPS) is 23.9. The van der Waals surface area contributed by atoms with Gasteiger partial charge in [-0.05, 0) is 14.1 Å². The Morgan fingerprint density at radius 2 is 1.90 bits per heavy atom. The van der Waals surface area contributed by atoms with E-state index >= 15 is 0 Å². The van der Waals surface area contributed by atoms with Gasteiger partial charge in [-0.15, -0.1) is 11.8 Å². The van der Waals surface area contributed by atoms with E-state index in [-0.39, 0.29) is 6.03 Å². The highest BCUT2D eigenvalue weighted by atomic mass is 32.2. The number of rotatable bonds is 4. The largest absolute Gasteiger partial charge is 0.480 e. The number of carbonyl (C=O) groups is 2. The maximum atomic E-state index is 12.4. The van der Waals surface area contributed by atoms with Gasteiger partial charge in [-0.3, -0.25) is 4.90 Å². The second-order valence-corrected chi connectivity index (χ2v) is 6.74. The fourth-order valence-electron chi connectivity index (χ4n) is 2.52. The van der Waals surface area contributed by atoms with Crippen molar-refractivity contribution in [1.82, 2.24) is 19.6 Å². The average molecular weight is 316 g/mol. The minimum Gasteiger partial charge on any atom is -0.480 e. The van der Waals surface area contributed by atoms with E-state index in [0.717, 1.165) is 26.2 Å². The maximum absolute atomic E-state index is 12.4. The SMILES string of the molecule is CN(C)CCN1CCN(C(=O)N2CSCC2C(=O)O)CC1. The Bertz CT molecular complexity index is 386. The highest BCUT2D eigenvalue weighted by Gasteiger charge is 2.37. The summed E-state index contributed by atoms with van der Waals surface area (Å²) >= 11 is 1.50. The van der Waals surface area contributed by atoms with Crippen LogP contribution in [0, 0.1) is 0 Å². The van der Waals surface area contributed by atoms with E-state index in [1.54, 1.807) is 4.90 Å². The van der Waals surface area contributed by atoms with Gasteiger partial charge in [0.15, 0.2) is 0 Å². The molecule has 0 bridgehead atoms. The first kappa shape index (κ1) is 16.4. The van der Waals surface area contributed by atoms with Crippen LogP contribution in [0.4, 0.5) is 4.79 Å². The standard InChI is InChI=1S/C13H24N4O3S/c1-14(2)3-4-15-5-7-16(8-6-15)13(20)17-10-21-9-11(17)12(18)19/h11H,3-10H2,1-2H3,(H,18,19). The van der Waals surface area contributed by atoms with Crippen molar-refractivity contribution in [3.8, 4) is 0 Å². The summed E-state index contributed by atoms with van der Waals surface area (Å²) in [6.45, 7) is 5.10. The van der Waals surface area contributed by atoms with Crippen LogP contribution in [0.5, 0.6) is 0 Å². The molecule has 2 heterocycles. The molecule has 0 saturated carbocycles. The van der Waals surface area contributed by atoms with Crippen LogP contribution in [0.25, 0.3) is 0 Å². The van der Waals surface area contributed by atoms with E-state index in [9.17, 15) is 9.59 Å². The van der Waals surface area contributed by atoms with Gasteiger partial charge in [-0.2, -0.15) is 0 Å². The molecule has 0 aromatic carbocycles. The van der Waals surface area contributed by atoms with Crippen molar-refractivity contribution in [3.63, 3.8) is 0 Å². The summed E-state index contributed by atoms with van der Waals surface area (Å²) in [5.41, 5.74) is 0. The van der Waals surface area contributed by atoms with Gasteiger partial charge >= 0.3 is 12.0 Å². The van der Waals surface area contributed by atoms with E-state index < -0.39 is 12.0 Å². The Morgan fingerprint density at radius 1 is 1.24 bits per heavy atom. The van der Waals surface area contributed by atoms with Crippen molar-refractivity contribution in [2.75, 3.05) is 65.0 Å². The molecule has 8 heteroatoms. The van der Waals surface area contributed by atoms with Crippen LogP contribution >= 0.6 is 11.8 Å². The molecule has 0 aromatic heterocycles. The third-order valence-corrected chi connectivity index (χ3v) is 4.93. The Kier molecular flexibility index (Phi) is 5.72. The molecule has 120 valence electrons. The highest BCUT2D eigenvalue weighted by molar-refractivity contribution is 7.99. The minimum atomic E-state index is -0.905. The van der Waals surface area contributed by atoms with Gasteiger partial charge in [0, 0.05) is 45.0 Å². The zero-order chi connectivity index (χ0) is 15.4. The van der Waals surface area contributed by atoms with E-state index in [1.807, 2.05) is 0 Å². The molecule has 0 radical (unpaired) electrons. The van der Waals surface area contributed by atoms with Crippen molar-refractivity contribution in [1.29, 1.82) is 0 Å². The molecule has 1 N–H and O–H groups in total. The van der Waals surface area contributed by atoms with E-state index in [1.165, 1.54) is 16.7 Å². The quantitative estimate of drug-likeness (QED) is 0.771. The summed E-state index contributed by atoms with van der Waals surface area (Å²) in [5, 5.41) is 9.16. The Morgan fingerprint density at radius 3 is 2.48 bits per heavy atom. The maximum Gasteiger partial charge on any atom is 0.327 e. The highest BCUT2D eigenvalue weighted by Crippen LogP contribution is 2.23. The number of carboxylic acid groups (broad SMARTS) is 1. The van der Waals surface area contributed by atoms with Gasteiger partial charge in [-0.25, -0.2) is 9.59 Å². The Balaban J connectivity index is 1.81. The lowest BCUT2D eigenvalue weighted by atomic mass is 10.3. The Hall–Kier alpha value is -0.990. The van der Waals surface area contributed by atoms with Gasteiger partial charge < -0.3 is 19.8 Å². The second-order valence-electron chi connectivity index (χ2n) is 5.74. The first-order valence-corrected chi connectivity index (χ1v) is 8.37. The van der Waals surface area contributed by atoms with Gasteiger partial charge in [0.05, 0.1) is 5.88 Å². The monoisotopic (exact) mass is 316 g/mol. The first-order chi connectivity index (χ1) is 9.99. The van der Waals surface area contributed by atoms with Gasteiger partial charge in [0.1, 0.15) is 6.04 Å². The molecular weight excluding hydrogens is 292 g/mol. The number of hydrogen-bond acceptors (Lipinski definition) is 5. The third kappa shape index (κ3) is 4.24. The lowest BCUT2D eigenvalue weighted by Gasteiger charge is -2.37. The lowest BCUT2D eigenvalue weighted by Crippen LogP contribution is -2.55. The summed E-state index contributed by atoms with van der Waals surface area (Å²) in [5.74, 6) is 0.0681. The number of piperazine rings is 1. The Labute approximate surface area is 129 Å². The number of carboxylic acids is 1. The predicted molar refractivity (Wildman–Crippen MR) is 82.6 cm³/mol. The van der Waals surface area contributed by atoms with Crippen molar-refractivity contribution in [2.45, 2.75) is 6.04 Å². The molecule has 2 fully saturated rings. The van der Waals surface area contributed by atoms with Crippen molar-refractivity contribution in [2.24, 2.45) is 0 Å². The van der Waals surface area contributed by atoms with Crippen LogP contribution in [0.15, 0.2) is 0 Å². The summed E-state index contributed by atoms with van der Waals surface area (Å²) in [7, 11) is 4.10. The number of hydrogen-bond donors (Lipinski definition) is 1. The number of urea groups is 1. The zero-order valence-electron chi connectivity index (χ0n) is 12.7. The molecule has 2 aliphatic heterocycles. The molecule has 1 atom stereocenters. The van der Waals surface area contributed by atoms with Crippen LogP contribution in [0.1, 0.15) is 0 Å². The number of carbonyl (C=O) groups excluding carboxylic acids is 1. The summed E-state index contributed by atoms with van der Waals surface area (Å²) in [6, 6.07) is -0.797. The molecule has 1 unspecified atom stereocenters. The zero-order valence-corrected chi connectivity index (χ0v) is 13.5. The molecule has 7 nitrogen and oxygen atoms in total. The molecule has 0 aromatic rings. The molecule has 2 aliphatic rings. The number of aliphatic carboxylic acids is 1. The summed E-state index contributed by atoms with van der Waals surface area (Å²) < 4.78 is 0. The van der Waals surface area contributed by atoms with Crippen LogP contribution in [-0.2, 0) is 4.79 Å². The van der Waals surface area contributed by atoms with Crippen LogP contribution in [-0.4, -0.2) is 108 Å². The number of likely N-dealkylation sites (N-methyl/N-ethyl adjacent to an activating group) is 1. The van der Waals surface area contributed by atoms with Crippen LogP contribution in [0.3, 0.4) is 0 Å². The van der Waals surface area contributed by atoms with Crippen molar-refractivity contribution < 1.29 is 14.7 Å². The van der Waals surface area contributed by atoms with Crippen LogP contribution in [0.2, 0.25) is 0 Å². The lowest BCUT2D eigenvalue weighted by molar-refractivity contribution is -0.141. The molecule has 2 amide bonds. The second kappa shape index (κ2) is 7.33. The minimum absolute atomic E-state index is 0.125. The molecule has 0 aliphatic carbocycles. The fourth-order valence-corrected chi connectivity index (χ4v) is 3.66. The van der Waals surface area contributed by atoms with Crippen molar-refractivity contribution in [3.05, 3.63) is 0 Å². The van der Waals surface area contributed by atoms with E-state index in [0.29, 0.717) is 24.7 Å². The topological polar surface area (TPSA) is 67.3 Å². The fraction of sp³-hybridized carbons (Fsp3) is 0.846. The molecular formula is C13H24N4O3S. The predicted octanol–water partition coefficient (Wildman–Crippen LogP) is -0.255. The molecule has 2 saturated heterocycles. The van der Waals surface area contributed by atoms with Crippen molar-refractivity contribution >= 4 is 23.8 Å². The number of nitrogens with zero attached hydrogens (tertiary/aromatic N) is 4. The first-order valence-electron chi connectivity index (χ1n) is 7.22. The van der Waals surface area contributed by atoms with Gasteiger partial charge in [0.25, 0.3) is 0 Å². The van der Waals surface area contributed by atoms with Crippen LogP contribution < -0.4 is 0 Å². The third-order valence-electron chi connectivity index (χ3n) is 3.92. The van der Waals surface area contributed by atoms with E-state index in [4.69, 9.17) is 5.11 Å². The van der Waals surface area contributed by atoms with E-state index in [2.05, 4.69) is 23.9 Å². The van der Waals surface area contributed by atoms with Gasteiger partial charge in [0.2, 0.25) is 0 Å². The average Bonchev–Trinajstić information content (AvgIpc) is 2.94. The number of amides is 2. The van der Waals surface area contributed by atoms with Gasteiger partial charge in [-0.1, -0.05) is 0 Å². The number of thioether (sulfide) groups is 1. The summed E-state index contributed by atoms with van der Waals surface area (Å²) in [4.78, 5) is 31.4. The molecule has 2 rings (SSSR count). The molecule has 21 heavy (non-hydrogen) atoms. The smallest absolute Gasteiger partial charge is 0.327 e.